The Morgan fingerprint density at radius 2 is 1.95 bits per heavy atom. The molecule has 1 fully saturated rings. The number of piperidine rings is 1. The molecule has 1 heterocycles. The molecule has 0 aliphatic carbocycles. The zero-order valence-corrected chi connectivity index (χ0v) is 11.2. The number of benzene rings is 1. The van der Waals surface area contributed by atoms with Crippen LogP contribution in [0.3, 0.4) is 0 Å². The minimum atomic E-state index is -1.02. The second-order valence-corrected chi connectivity index (χ2v) is 4.78. The predicted octanol–water partition coefficient (Wildman–Crippen LogP) is 2.07. The number of nitro benzene ring substituents is 1. The molecule has 0 bridgehead atoms. The molecule has 8 heteroatoms. The van der Waals surface area contributed by atoms with Gasteiger partial charge in [0.25, 0.3) is 5.69 Å². The van der Waals surface area contributed by atoms with E-state index in [1.165, 1.54) is 29.2 Å². The summed E-state index contributed by atoms with van der Waals surface area (Å²) >= 11 is 0. The Kier molecular flexibility index (Phi) is 4.36. The van der Waals surface area contributed by atoms with Gasteiger partial charge in [0, 0.05) is 24.4 Å². The van der Waals surface area contributed by atoms with Crippen LogP contribution in [0.2, 0.25) is 0 Å². The first-order valence-corrected chi connectivity index (χ1v) is 6.54. The highest BCUT2D eigenvalue weighted by Gasteiger charge is 2.31. The molecule has 1 atom stereocenters. The summed E-state index contributed by atoms with van der Waals surface area (Å²) in [7, 11) is 0. The molecule has 1 unspecified atom stereocenters. The van der Waals surface area contributed by atoms with Gasteiger partial charge in [-0.05, 0) is 31.4 Å². The molecule has 0 aromatic heterocycles. The third-order valence-corrected chi connectivity index (χ3v) is 3.38. The van der Waals surface area contributed by atoms with Crippen molar-refractivity contribution in [3.8, 4) is 0 Å². The fourth-order valence-electron chi connectivity index (χ4n) is 2.29. The average molecular weight is 293 g/mol. The molecular formula is C13H15N3O5. The topological polar surface area (TPSA) is 113 Å². The van der Waals surface area contributed by atoms with Crippen molar-refractivity contribution in [1.29, 1.82) is 0 Å². The van der Waals surface area contributed by atoms with Gasteiger partial charge in [-0.3, -0.25) is 10.1 Å². The largest absolute Gasteiger partial charge is 0.480 e. The normalized spacial score (nSPS) is 18.1. The number of nitrogens with one attached hydrogen (secondary N) is 1. The highest BCUT2D eigenvalue weighted by Crippen LogP contribution is 2.20. The number of anilines is 1. The van der Waals surface area contributed by atoms with Crippen LogP contribution in [-0.4, -0.2) is 39.5 Å². The Balaban J connectivity index is 2.05. The molecule has 8 nitrogen and oxygen atoms in total. The van der Waals surface area contributed by atoms with Crippen molar-refractivity contribution >= 4 is 23.4 Å². The summed E-state index contributed by atoms with van der Waals surface area (Å²) in [5, 5.41) is 22.2. The predicted molar refractivity (Wildman–Crippen MR) is 74.1 cm³/mol. The third kappa shape index (κ3) is 3.47. The number of urea groups is 1. The summed E-state index contributed by atoms with van der Waals surface area (Å²) in [5.74, 6) is -1.02. The van der Waals surface area contributed by atoms with Gasteiger partial charge < -0.3 is 15.3 Å². The van der Waals surface area contributed by atoms with E-state index in [4.69, 9.17) is 5.11 Å². The van der Waals surface area contributed by atoms with Crippen LogP contribution in [-0.2, 0) is 4.79 Å². The van der Waals surface area contributed by atoms with E-state index in [0.29, 0.717) is 18.7 Å². The van der Waals surface area contributed by atoms with Crippen LogP contribution in [0.5, 0.6) is 0 Å². The maximum absolute atomic E-state index is 12.1. The van der Waals surface area contributed by atoms with Crippen molar-refractivity contribution in [3.63, 3.8) is 0 Å². The number of carboxylic acids is 1. The Morgan fingerprint density at radius 3 is 2.52 bits per heavy atom. The number of non-ortho nitro benzene ring substituents is 1. The Labute approximate surface area is 120 Å². The van der Waals surface area contributed by atoms with E-state index in [9.17, 15) is 19.7 Å². The van der Waals surface area contributed by atoms with Crippen LogP contribution in [0.25, 0.3) is 0 Å². The monoisotopic (exact) mass is 293 g/mol. The van der Waals surface area contributed by atoms with Gasteiger partial charge in [0.2, 0.25) is 0 Å². The first kappa shape index (κ1) is 14.8. The van der Waals surface area contributed by atoms with E-state index in [1.807, 2.05) is 0 Å². The second kappa shape index (κ2) is 6.21. The molecular weight excluding hydrogens is 278 g/mol. The number of carboxylic acid groups (broad SMARTS) is 1. The molecule has 21 heavy (non-hydrogen) atoms. The summed E-state index contributed by atoms with van der Waals surface area (Å²) in [5.41, 5.74) is 0.315. The fraction of sp³-hybridized carbons (Fsp3) is 0.385. The Morgan fingerprint density at radius 1 is 1.29 bits per heavy atom. The molecule has 1 aromatic carbocycles. The number of aliphatic carboxylic acids is 1. The highest BCUT2D eigenvalue weighted by atomic mass is 16.6. The number of likely N-dealkylation sites (tertiary alicyclic amines) is 1. The molecule has 0 spiro atoms. The molecule has 1 aliphatic rings. The molecule has 0 saturated carbocycles. The van der Waals surface area contributed by atoms with Gasteiger partial charge in [-0.1, -0.05) is 0 Å². The van der Waals surface area contributed by atoms with Crippen LogP contribution in [0, 0.1) is 10.1 Å². The van der Waals surface area contributed by atoms with Crippen molar-refractivity contribution in [3.05, 3.63) is 34.4 Å². The lowest BCUT2D eigenvalue weighted by Gasteiger charge is -2.32. The molecule has 0 radical (unpaired) electrons. The molecule has 2 N–H and O–H groups in total. The fourth-order valence-corrected chi connectivity index (χ4v) is 2.29. The number of nitrogens with zero attached hydrogens (tertiary/aromatic N) is 2. The van der Waals surface area contributed by atoms with E-state index in [-0.39, 0.29) is 5.69 Å². The maximum Gasteiger partial charge on any atom is 0.326 e. The van der Waals surface area contributed by atoms with E-state index >= 15 is 0 Å². The van der Waals surface area contributed by atoms with E-state index in [0.717, 1.165) is 12.8 Å². The first-order valence-electron chi connectivity index (χ1n) is 6.54. The number of hydrogen-bond donors (Lipinski definition) is 2. The quantitative estimate of drug-likeness (QED) is 0.654. The summed E-state index contributed by atoms with van der Waals surface area (Å²) in [4.78, 5) is 34.6. The number of amides is 2. The lowest BCUT2D eigenvalue weighted by atomic mass is 10.0. The summed E-state index contributed by atoms with van der Waals surface area (Å²) in [6.45, 7) is 0.385. The number of carbonyl (C=O) groups is 2. The van der Waals surface area contributed by atoms with Gasteiger partial charge in [-0.15, -0.1) is 0 Å². The Bertz CT molecular complexity index is 557. The van der Waals surface area contributed by atoms with Crippen LogP contribution in [0.15, 0.2) is 24.3 Å². The Hall–Kier alpha value is -2.64. The van der Waals surface area contributed by atoms with E-state index in [1.54, 1.807) is 0 Å². The van der Waals surface area contributed by atoms with Crippen LogP contribution < -0.4 is 5.32 Å². The summed E-state index contributed by atoms with van der Waals surface area (Å²) in [6, 6.07) is 4.06. The summed E-state index contributed by atoms with van der Waals surface area (Å²) in [6.07, 6.45) is 1.97. The molecule has 2 amide bonds. The van der Waals surface area contributed by atoms with Gasteiger partial charge in [-0.25, -0.2) is 9.59 Å². The lowest BCUT2D eigenvalue weighted by Crippen LogP contribution is -2.49. The standard InChI is InChI=1S/C13H15N3O5/c17-12(18)11-3-1-2-8-15(11)13(19)14-9-4-6-10(7-5-9)16(20)21/h4-7,11H,1-3,8H2,(H,14,19)(H,17,18). The van der Waals surface area contributed by atoms with E-state index < -0.39 is 23.0 Å². The van der Waals surface area contributed by atoms with Gasteiger partial charge in [0.1, 0.15) is 6.04 Å². The van der Waals surface area contributed by atoms with Gasteiger partial charge >= 0.3 is 12.0 Å². The van der Waals surface area contributed by atoms with Gasteiger partial charge in [0.05, 0.1) is 4.92 Å². The summed E-state index contributed by atoms with van der Waals surface area (Å²) < 4.78 is 0. The first-order chi connectivity index (χ1) is 9.99. The number of nitro groups is 1. The van der Waals surface area contributed by atoms with Crippen LogP contribution >= 0.6 is 0 Å². The second-order valence-electron chi connectivity index (χ2n) is 4.78. The smallest absolute Gasteiger partial charge is 0.326 e. The van der Waals surface area contributed by atoms with E-state index in [2.05, 4.69) is 5.32 Å². The SMILES string of the molecule is O=C(O)C1CCCCN1C(=O)Nc1ccc([N+](=O)[O-])cc1. The molecule has 2 rings (SSSR count). The van der Waals surface area contributed by atoms with Crippen molar-refractivity contribution < 1.29 is 19.6 Å². The highest BCUT2D eigenvalue weighted by molar-refractivity contribution is 5.92. The lowest BCUT2D eigenvalue weighted by molar-refractivity contribution is -0.384. The number of carbonyl (C=O) groups excluding carboxylic acids is 1. The number of rotatable bonds is 3. The minimum absolute atomic E-state index is 0.0746. The third-order valence-electron chi connectivity index (χ3n) is 3.38. The molecule has 1 aliphatic heterocycles. The number of hydrogen-bond acceptors (Lipinski definition) is 4. The zero-order chi connectivity index (χ0) is 15.4. The molecule has 1 saturated heterocycles. The van der Waals surface area contributed by atoms with Crippen molar-refractivity contribution in [2.45, 2.75) is 25.3 Å². The molecule has 112 valence electrons. The van der Waals surface area contributed by atoms with Crippen molar-refractivity contribution in [1.82, 2.24) is 4.90 Å². The van der Waals surface area contributed by atoms with Crippen molar-refractivity contribution in [2.75, 3.05) is 11.9 Å². The van der Waals surface area contributed by atoms with Crippen LogP contribution in [0.1, 0.15) is 19.3 Å². The van der Waals surface area contributed by atoms with Gasteiger partial charge in [0.15, 0.2) is 0 Å². The zero-order valence-electron chi connectivity index (χ0n) is 11.2. The van der Waals surface area contributed by atoms with Crippen LogP contribution in [0.4, 0.5) is 16.2 Å². The van der Waals surface area contributed by atoms with Crippen molar-refractivity contribution in [2.24, 2.45) is 0 Å². The minimum Gasteiger partial charge on any atom is -0.480 e. The molecule has 1 aromatic rings. The van der Waals surface area contributed by atoms with Gasteiger partial charge in [-0.2, -0.15) is 0 Å². The maximum atomic E-state index is 12.1. The average Bonchev–Trinajstić information content (AvgIpc) is 2.47.